The number of rotatable bonds is 6. The van der Waals surface area contributed by atoms with E-state index in [0.717, 1.165) is 38.2 Å². The fourth-order valence-corrected chi connectivity index (χ4v) is 2.33. The Morgan fingerprint density at radius 3 is 2.68 bits per heavy atom. The van der Waals surface area contributed by atoms with Gasteiger partial charge in [0.05, 0.1) is 20.3 Å². The molecule has 8 nitrogen and oxygen atoms in total. The van der Waals surface area contributed by atoms with E-state index in [-0.39, 0.29) is 5.76 Å². The average molecular weight is 352 g/mol. The summed E-state index contributed by atoms with van der Waals surface area (Å²) in [6.45, 7) is 4.87. The van der Waals surface area contributed by atoms with Crippen LogP contribution in [0.3, 0.4) is 0 Å². The Hall–Kier alpha value is -2.13. The van der Waals surface area contributed by atoms with Gasteiger partial charge in [0.2, 0.25) is 5.76 Å². The number of aromatic carboxylic acids is 1. The van der Waals surface area contributed by atoms with Crippen LogP contribution in [0.4, 0.5) is 0 Å². The van der Waals surface area contributed by atoms with Gasteiger partial charge in [-0.3, -0.25) is 4.90 Å². The Bertz CT molecular complexity index is 664. The molecule has 1 aliphatic heterocycles. The number of carbonyl (C=O) groups is 1. The first kappa shape index (κ1) is 19.2. The average Bonchev–Trinajstić information content (AvgIpc) is 3.06. The van der Waals surface area contributed by atoms with Crippen molar-refractivity contribution in [2.75, 3.05) is 53.6 Å². The molecule has 0 bridgehead atoms. The van der Waals surface area contributed by atoms with Gasteiger partial charge in [-0.05, 0) is 24.3 Å². The number of morpholine rings is 1. The molecule has 0 saturated carbocycles. The smallest absolute Gasteiger partial charge is 0.371 e. The molecule has 0 radical (unpaired) electrons. The van der Waals surface area contributed by atoms with E-state index in [0.29, 0.717) is 17.9 Å². The van der Waals surface area contributed by atoms with Crippen LogP contribution in [0.5, 0.6) is 5.75 Å². The molecule has 0 aliphatic carbocycles. The van der Waals surface area contributed by atoms with Crippen LogP contribution in [-0.4, -0.2) is 69.6 Å². The van der Waals surface area contributed by atoms with E-state index in [9.17, 15) is 4.79 Å². The molecular weight excluding hydrogens is 328 g/mol. The van der Waals surface area contributed by atoms with E-state index in [1.807, 2.05) is 0 Å². The van der Waals surface area contributed by atoms with Gasteiger partial charge in [-0.1, -0.05) is 0 Å². The molecule has 0 unspecified atom stereocenters. The van der Waals surface area contributed by atoms with Crippen LogP contribution >= 0.6 is 0 Å². The van der Waals surface area contributed by atoms with Gasteiger partial charge in [0.15, 0.2) is 0 Å². The maximum atomic E-state index is 10.9. The molecule has 2 aromatic rings. The third-order valence-corrected chi connectivity index (χ3v) is 3.68. The van der Waals surface area contributed by atoms with Crippen molar-refractivity contribution in [3.63, 3.8) is 0 Å². The largest absolute Gasteiger partial charge is 0.492 e. The topological polar surface area (TPSA) is 93.4 Å². The minimum Gasteiger partial charge on any atom is -0.492 e. The molecule has 3 rings (SSSR count). The summed E-state index contributed by atoms with van der Waals surface area (Å²) in [7, 11) is 3.28. The highest BCUT2D eigenvalue weighted by Crippen LogP contribution is 2.24. The van der Waals surface area contributed by atoms with Crippen molar-refractivity contribution in [3.8, 4) is 5.75 Å². The highest BCUT2D eigenvalue weighted by molar-refractivity contribution is 5.91. The van der Waals surface area contributed by atoms with Gasteiger partial charge in [-0.25, -0.2) is 10.3 Å². The standard InChI is InChI=1S/C15H17NO5.C2H7NO/c17-15(18)14-10-11-9-12(1-2-13(11)21-14)20-8-5-16-3-6-19-7-4-16;1-3-4-2/h1-2,9-10H,3-8H2,(H,17,18);3H,1-2H3. The quantitative estimate of drug-likeness (QED) is 0.758. The maximum absolute atomic E-state index is 10.9. The first-order valence-corrected chi connectivity index (χ1v) is 8.03. The predicted molar refractivity (Wildman–Crippen MR) is 92.0 cm³/mol. The monoisotopic (exact) mass is 352 g/mol. The minimum atomic E-state index is -1.07. The van der Waals surface area contributed by atoms with Crippen molar-refractivity contribution >= 4 is 16.9 Å². The number of fused-ring (bicyclic) bond motifs is 1. The van der Waals surface area contributed by atoms with Crippen LogP contribution in [0.1, 0.15) is 10.6 Å². The van der Waals surface area contributed by atoms with Crippen LogP contribution in [0.15, 0.2) is 28.7 Å². The predicted octanol–water partition coefficient (Wildman–Crippen LogP) is 1.61. The van der Waals surface area contributed by atoms with E-state index in [4.69, 9.17) is 19.0 Å². The molecule has 0 amide bonds. The Labute approximate surface area is 146 Å². The van der Waals surface area contributed by atoms with Gasteiger partial charge < -0.3 is 23.8 Å². The van der Waals surface area contributed by atoms with E-state index >= 15 is 0 Å². The second-order valence-electron chi connectivity index (χ2n) is 5.33. The minimum absolute atomic E-state index is 0.0598. The fourth-order valence-electron chi connectivity index (χ4n) is 2.33. The first-order valence-electron chi connectivity index (χ1n) is 8.03. The highest BCUT2D eigenvalue weighted by Gasteiger charge is 2.12. The molecule has 2 N–H and O–H groups in total. The van der Waals surface area contributed by atoms with E-state index in [1.165, 1.54) is 6.07 Å². The Morgan fingerprint density at radius 2 is 2.04 bits per heavy atom. The van der Waals surface area contributed by atoms with E-state index in [2.05, 4.69) is 15.2 Å². The first-order chi connectivity index (χ1) is 12.1. The maximum Gasteiger partial charge on any atom is 0.371 e. The van der Waals surface area contributed by atoms with E-state index in [1.54, 1.807) is 32.4 Å². The third-order valence-electron chi connectivity index (χ3n) is 3.68. The van der Waals surface area contributed by atoms with Gasteiger partial charge in [0.1, 0.15) is 17.9 Å². The van der Waals surface area contributed by atoms with Crippen LogP contribution in [0.2, 0.25) is 0 Å². The van der Waals surface area contributed by atoms with Crippen molar-refractivity contribution in [2.45, 2.75) is 0 Å². The summed E-state index contributed by atoms with van der Waals surface area (Å²) < 4.78 is 16.2. The molecule has 8 heteroatoms. The molecule has 2 heterocycles. The zero-order valence-electron chi connectivity index (χ0n) is 14.5. The SMILES string of the molecule is CNOC.O=C(O)c1cc2cc(OCCN3CCOCC3)ccc2o1. The number of carboxylic acids is 1. The molecule has 1 aliphatic rings. The zero-order valence-corrected chi connectivity index (χ0v) is 14.5. The van der Waals surface area contributed by atoms with Gasteiger partial charge >= 0.3 is 5.97 Å². The number of carboxylic acid groups (broad SMARTS) is 1. The number of furan rings is 1. The normalized spacial score (nSPS) is 14.8. The number of benzene rings is 1. The number of hydrogen-bond acceptors (Lipinski definition) is 7. The molecule has 1 fully saturated rings. The van der Waals surface area contributed by atoms with Gasteiger partial charge in [-0.15, -0.1) is 0 Å². The van der Waals surface area contributed by atoms with Gasteiger partial charge in [0, 0.05) is 32.1 Å². The van der Waals surface area contributed by atoms with Crippen LogP contribution in [0, 0.1) is 0 Å². The lowest BCUT2D eigenvalue weighted by molar-refractivity contribution is 0.0322. The highest BCUT2D eigenvalue weighted by atomic mass is 16.6. The molecule has 0 spiro atoms. The summed E-state index contributed by atoms with van der Waals surface area (Å²) in [5.41, 5.74) is 2.98. The molecule has 0 atom stereocenters. The summed E-state index contributed by atoms with van der Waals surface area (Å²) >= 11 is 0. The zero-order chi connectivity index (χ0) is 18.1. The second-order valence-corrected chi connectivity index (χ2v) is 5.33. The lowest BCUT2D eigenvalue weighted by atomic mass is 10.2. The van der Waals surface area contributed by atoms with Crippen LogP contribution in [0.25, 0.3) is 11.0 Å². The number of hydroxylamine groups is 1. The number of hydrogen-bond donors (Lipinski definition) is 2. The lowest BCUT2D eigenvalue weighted by Gasteiger charge is -2.26. The molecule has 1 aromatic heterocycles. The number of ether oxygens (including phenoxy) is 2. The molecular formula is C17H24N2O6. The molecule has 1 saturated heterocycles. The molecule has 25 heavy (non-hydrogen) atoms. The van der Waals surface area contributed by atoms with Gasteiger partial charge in [-0.2, -0.15) is 0 Å². The van der Waals surface area contributed by atoms with Crippen LogP contribution < -0.4 is 10.2 Å². The van der Waals surface area contributed by atoms with Crippen molar-refractivity contribution < 1.29 is 28.6 Å². The van der Waals surface area contributed by atoms with Crippen LogP contribution in [-0.2, 0) is 9.57 Å². The molecule has 138 valence electrons. The van der Waals surface area contributed by atoms with Gasteiger partial charge in [0.25, 0.3) is 0 Å². The van der Waals surface area contributed by atoms with E-state index < -0.39 is 5.97 Å². The third kappa shape index (κ3) is 6.02. The van der Waals surface area contributed by atoms with Crippen molar-refractivity contribution in [3.05, 3.63) is 30.0 Å². The Kier molecular flexibility index (Phi) is 7.68. The van der Waals surface area contributed by atoms with Crippen molar-refractivity contribution in [2.24, 2.45) is 0 Å². The van der Waals surface area contributed by atoms with Crippen molar-refractivity contribution in [1.82, 2.24) is 10.4 Å². The summed E-state index contributed by atoms with van der Waals surface area (Å²) in [5.74, 6) is -0.412. The number of nitrogens with one attached hydrogen (secondary N) is 1. The Morgan fingerprint density at radius 1 is 1.32 bits per heavy atom. The summed E-state index contributed by atoms with van der Waals surface area (Å²) in [4.78, 5) is 17.4. The fraction of sp³-hybridized carbons (Fsp3) is 0.471. The summed E-state index contributed by atoms with van der Waals surface area (Å²) in [5, 5.41) is 9.63. The second kappa shape index (κ2) is 10.00. The Balaban J connectivity index is 0.000000511. The lowest BCUT2D eigenvalue weighted by Crippen LogP contribution is -2.38. The summed E-state index contributed by atoms with van der Waals surface area (Å²) in [6.07, 6.45) is 0. The number of nitrogens with zero attached hydrogens (tertiary/aromatic N) is 1. The molecule has 1 aromatic carbocycles. The van der Waals surface area contributed by atoms with Crippen molar-refractivity contribution in [1.29, 1.82) is 0 Å². The summed E-state index contributed by atoms with van der Waals surface area (Å²) in [6, 6.07) is 6.82.